The average Bonchev–Trinajstić information content (AvgIpc) is 2.61. The van der Waals surface area contributed by atoms with Crippen LogP contribution in [0, 0.1) is 5.92 Å². The van der Waals surface area contributed by atoms with Gasteiger partial charge in [0.2, 0.25) is 0 Å². The first-order chi connectivity index (χ1) is 7.61. The topological polar surface area (TPSA) is 12.0 Å². The van der Waals surface area contributed by atoms with Crippen molar-refractivity contribution in [1.82, 2.24) is 5.32 Å². The lowest BCUT2D eigenvalue weighted by Gasteiger charge is -2.17. The van der Waals surface area contributed by atoms with E-state index < -0.39 is 0 Å². The lowest BCUT2D eigenvalue weighted by molar-refractivity contribution is 0.420. The van der Waals surface area contributed by atoms with E-state index in [0.717, 1.165) is 12.5 Å². The molecule has 1 unspecified atom stereocenters. The summed E-state index contributed by atoms with van der Waals surface area (Å²) in [6, 6.07) is 2.84. The van der Waals surface area contributed by atoms with Gasteiger partial charge in [-0.3, -0.25) is 0 Å². The summed E-state index contributed by atoms with van der Waals surface area (Å²) in [5, 5.41) is 5.73. The Balaban J connectivity index is 2.43. The molecule has 0 spiro atoms. The highest BCUT2D eigenvalue weighted by molar-refractivity contribution is 9.10. The highest BCUT2D eigenvalue weighted by Crippen LogP contribution is 2.23. The third-order valence-electron chi connectivity index (χ3n) is 2.62. The largest absolute Gasteiger partial charge is 0.314 e. The van der Waals surface area contributed by atoms with Gasteiger partial charge in [0.15, 0.2) is 0 Å². The molecule has 0 aromatic carbocycles. The van der Waals surface area contributed by atoms with Crippen LogP contribution in [-0.4, -0.2) is 12.6 Å². The van der Waals surface area contributed by atoms with Gasteiger partial charge in [-0.25, -0.2) is 0 Å². The van der Waals surface area contributed by atoms with Crippen LogP contribution in [-0.2, 0) is 6.42 Å². The van der Waals surface area contributed by atoms with E-state index in [2.05, 4.69) is 53.5 Å². The monoisotopic (exact) mass is 303 g/mol. The van der Waals surface area contributed by atoms with Crippen molar-refractivity contribution in [2.75, 3.05) is 6.54 Å². The molecule has 1 atom stereocenters. The van der Waals surface area contributed by atoms with E-state index in [4.69, 9.17) is 0 Å². The molecule has 0 saturated carbocycles. The SMILES string of the molecule is CCCC(CNC(C)C)Cc1cc(Br)cs1. The summed E-state index contributed by atoms with van der Waals surface area (Å²) in [5.74, 6) is 0.776. The molecule has 0 bridgehead atoms. The van der Waals surface area contributed by atoms with E-state index in [1.807, 2.05) is 11.3 Å². The molecule has 1 N–H and O–H groups in total. The van der Waals surface area contributed by atoms with Gasteiger partial charge >= 0.3 is 0 Å². The van der Waals surface area contributed by atoms with Crippen molar-refractivity contribution in [3.8, 4) is 0 Å². The number of thiophene rings is 1. The van der Waals surface area contributed by atoms with Crippen LogP contribution < -0.4 is 5.32 Å². The van der Waals surface area contributed by atoms with Crippen LogP contribution in [0.2, 0.25) is 0 Å². The summed E-state index contributed by atoms with van der Waals surface area (Å²) in [7, 11) is 0. The second-order valence-corrected chi connectivity index (χ2v) is 6.56. The molecule has 0 saturated heterocycles. The van der Waals surface area contributed by atoms with Gasteiger partial charge in [0.05, 0.1) is 0 Å². The van der Waals surface area contributed by atoms with Crippen LogP contribution in [0.3, 0.4) is 0 Å². The summed E-state index contributed by atoms with van der Waals surface area (Å²) in [6.07, 6.45) is 3.80. The first kappa shape index (κ1) is 14.2. The Morgan fingerprint density at radius 2 is 2.19 bits per heavy atom. The molecule has 0 aliphatic heterocycles. The van der Waals surface area contributed by atoms with Gasteiger partial charge in [0.1, 0.15) is 0 Å². The molecule has 1 aromatic heterocycles. The first-order valence-corrected chi connectivity index (χ1v) is 7.75. The number of rotatable bonds is 7. The molecule has 1 heterocycles. The average molecular weight is 304 g/mol. The number of hydrogen-bond donors (Lipinski definition) is 1. The Hall–Kier alpha value is 0.140. The molecule has 0 radical (unpaired) electrons. The van der Waals surface area contributed by atoms with Gasteiger partial charge in [-0.05, 0) is 47.3 Å². The number of halogens is 1. The third-order valence-corrected chi connectivity index (χ3v) is 4.34. The fourth-order valence-electron chi connectivity index (χ4n) is 1.83. The van der Waals surface area contributed by atoms with Crippen LogP contribution in [0.1, 0.15) is 38.5 Å². The first-order valence-electron chi connectivity index (χ1n) is 6.08. The maximum absolute atomic E-state index is 3.55. The summed E-state index contributed by atoms with van der Waals surface area (Å²) in [6.45, 7) is 7.84. The van der Waals surface area contributed by atoms with Crippen molar-refractivity contribution in [2.45, 2.75) is 46.1 Å². The minimum atomic E-state index is 0.592. The van der Waals surface area contributed by atoms with E-state index in [9.17, 15) is 0 Å². The zero-order valence-electron chi connectivity index (χ0n) is 10.4. The molecular weight excluding hydrogens is 282 g/mol. The summed E-state index contributed by atoms with van der Waals surface area (Å²) in [5.41, 5.74) is 0. The highest BCUT2D eigenvalue weighted by Gasteiger charge is 2.10. The van der Waals surface area contributed by atoms with Crippen molar-refractivity contribution in [1.29, 1.82) is 0 Å². The normalized spacial score (nSPS) is 13.3. The van der Waals surface area contributed by atoms with Crippen molar-refractivity contribution in [3.05, 3.63) is 20.8 Å². The minimum absolute atomic E-state index is 0.592. The fraction of sp³-hybridized carbons (Fsp3) is 0.692. The Bertz CT molecular complexity index is 296. The van der Waals surface area contributed by atoms with Crippen LogP contribution in [0.25, 0.3) is 0 Å². The molecule has 3 heteroatoms. The summed E-state index contributed by atoms with van der Waals surface area (Å²) >= 11 is 5.38. The molecule has 0 aliphatic carbocycles. The molecule has 1 aromatic rings. The van der Waals surface area contributed by atoms with Crippen LogP contribution >= 0.6 is 27.3 Å². The van der Waals surface area contributed by atoms with E-state index in [1.165, 1.54) is 28.6 Å². The van der Waals surface area contributed by atoms with Crippen molar-refractivity contribution < 1.29 is 0 Å². The molecule has 0 aliphatic rings. The minimum Gasteiger partial charge on any atom is -0.314 e. The van der Waals surface area contributed by atoms with Crippen molar-refractivity contribution in [2.24, 2.45) is 5.92 Å². The van der Waals surface area contributed by atoms with Gasteiger partial charge < -0.3 is 5.32 Å². The highest BCUT2D eigenvalue weighted by atomic mass is 79.9. The van der Waals surface area contributed by atoms with Crippen molar-refractivity contribution >= 4 is 27.3 Å². The summed E-state index contributed by atoms with van der Waals surface area (Å²) in [4.78, 5) is 1.50. The van der Waals surface area contributed by atoms with Crippen LogP contribution in [0.15, 0.2) is 15.9 Å². The molecule has 16 heavy (non-hydrogen) atoms. The smallest absolute Gasteiger partial charge is 0.0285 e. The predicted octanol–water partition coefficient (Wildman–Crippen LogP) is 4.47. The maximum atomic E-state index is 3.55. The van der Waals surface area contributed by atoms with E-state index in [0.29, 0.717) is 6.04 Å². The zero-order valence-corrected chi connectivity index (χ0v) is 12.8. The summed E-state index contributed by atoms with van der Waals surface area (Å²) < 4.78 is 1.22. The Kier molecular flexibility index (Phi) is 6.62. The molecule has 1 nitrogen and oxygen atoms in total. The van der Waals surface area contributed by atoms with Crippen molar-refractivity contribution in [3.63, 3.8) is 0 Å². The van der Waals surface area contributed by atoms with E-state index >= 15 is 0 Å². The maximum Gasteiger partial charge on any atom is 0.0285 e. The Morgan fingerprint density at radius 3 is 2.69 bits per heavy atom. The lowest BCUT2D eigenvalue weighted by Crippen LogP contribution is -2.29. The van der Waals surface area contributed by atoms with Gasteiger partial charge in [-0.2, -0.15) is 0 Å². The molecular formula is C13H22BrNS. The molecule has 0 amide bonds. The second kappa shape index (κ2) is 7.46. The Morgan fingerprint density at radius 1 is 1.44 bits per heavy atom. The van der Waals surface area contributed by atoms with E-state index in [1.54, 1.807) is 0 Å². The van der Waals surface area contributed by atoms with Gasteiger partial charge in [0.25, 0.3) is 0 Å². The Labute approximate surface area is 112 Å². The van der Waals surface area contributed by atoms with Crippen LogP contribution in [0.5, 0.6) is 0 Å². The van der Waals surface area contributed by atoms with Gasteiger partial charge in [-0.1, -0.05) is 27.2 Å². The van der Waals surface area contributed by atoms with Crippen LogP contribution in [0.4, 0.5) is 0 Å². The predicted molar refractivity (Wildman–Crippen MR) is 77.3 cm³/mol. The standard InChI is InChI=1S/C13H22BrNS/c1-4-5-11(8-15-10(2)3)6-13-7-12(14)9-16-13/h7,9-11,15H,4-6,8H2,1-3H3. The van der Waals surface area contributed by atoms with E-state index in [-0.39, 0.29) is 0 Å². The molecule has 0 fully saturated rings. The molecule has 1 rings (SSSR count). The fourth-order valence-corrected chi connectivity index (χ4v) is 3.40. The number of nitrogens with one attached hydrogen (secondary N) is 1. The third kappa shape index (κ3) is 5.46. The lowest BCUT2D eigenvalue weighted by atomic mass is 9.98. The zero-order chi connectivity index (χ0) is 12.0. The molecule has 92 valence electrons. The van der Waals surface area contributed by atoms with Gasteiger partial charge in [0, 0.05) is 20.8 Å². The van der Waals surface area contributed by atoms with Gasteiger partial charge in [-0.15, -0.1) is 11.3 Å². The second-order valence-electron chi connectivity index (χ2n) is 4.65. The quantitative estimate of drug-likeness (QED) is 0.784. The number of hydrogen-bond acceptors (Lipinski definition) is 2.